The summed E-state index contributed by atoms with van der Waals surface area (Å²) in [6.45, 7) is 3.16. The minimum absolute atomic E-state index is 0.0338. The molecule has 2 aromatic carbocycles. The van der Waals surface area contributed by atoms with Crippen LogP contribution in [0.5, 0.6) is 0 Å². The Balaban J connectivity index is 0.000000222. The zero-order chi connectivity index (χ0) is 32.1. The number of nitrogens with zero attached hydrogens (tertiary/aromatic N) is 2. The van der Waals surface area contributed by atoms with Crippen molar-refractivity contribution in [3.8, 4) is 0 Å². The van der Waals surface area contributed by atoms with Gasteiger partial charge in [-0.3, -0.25) is 18.6 Å². The molecule has 0 radical (unpaired) electrons. The largest absolute Gasteiger partial charge is 0.468 e. The van der Waals surface area contributed by atoms with E-state index in [1.807, 2.05) is 55.5 Å². The number of aromatic nitrogens is 2. The van der Waals surface area contributed by atoms with Crippen LogP contribution in [-0.2, 0) is 28.8 Å². The third-order valence-corrected chi connectivity index (χ3v) is 10.8. The standard InChI is InChI=1S/C22H27NO3S.C12H16N4O2/c1-17(23-27(25,16-21(24)26-2)20-14-9-15-20)22(18-10-5-3-6-11-18)19-12-7-4-8-13-19;17-9-16-6-2-4-11(16)12(18)14-5-1-3-10-7-13-8-15-10/h3-8,10-13,17,22H,9,14-16H2,1-2H3,(H,23,25);1,3,7-9,11H,2,4-6H2,(H,13,15)(H,14,18)/b;3-1+/t17-,27?;11-/m00/s1. The van der Waals surface area contributed by atoms with E-state index in [0.29, 0.717) is 13.1 Å². The van der Waals surface area contributed by atoms with Gasteiger partial charge in [0.25, 0.3) is 0 Å². The van der Waals surface area contributed by atoms with Gasteiger partial charge >= 0.3 is 5.97 Å². The number of carbonyl (C=O) groups is 3. The molecule has 1 aliphatic heterocycles. The van der Waals surface area contributed by atoms with Crippen LogP contribution in [0.4, 0.5) is 0 Å². The zero-order valence-corrected chi connectivity index (χ0v) is 26.7. The number of likely N-dealkylation sites (tertiary alicyclic amines) is 1. The summed E-state index contributed by atoms with van der Waals surface area (Å²) in [5.74, 6) is -0.588. The molecule has 10 nitrogen and oxygen atoms in total. The van der Waals surface area contributed by atoms with Gasteiger partial charge in [-0.2, -0.15) is 0 Å². The van der Waals surface area contributed by atoms with Gasteiger partial charge in [-0.15, -0.1) is 0 Å². The molecule has 5 rings (SSSR count). The minimum Gasteiger partial charge on any atom is -0.468 e. The number of benzene rings is 2. The second-order valence-electron chi connectivity index (χ2n) is 11.1. The number of aromatic amines is 1. The summed E-state index contributed by atoms with van der Waals surface area (Å²) in [5, 5.41) is 2.79. The first-order chi connectivity index (χ1) is 21.8. The van der Waals surface area contributed by atoms with Crippen LogP contribution in [0.3, 0.4) is 0 Å². The van der Waals surface area contributed by atoms with Crippen molar-refractivity contribution in [2.24, 2.45) is 0 Å². The number of H-pyrrole nitrogens is 1. The Bertz CT molecular complexity index is 1490. The molecule has 0 bridgehead atoms. The summed E-state index contributed by atoms with van der Waals surface area (Å²) in [7, 11) is -1.27. The number of carbonyl (C=O) groups excluding carboxylic acids is 3. The summed E-state index contributed by atoms with van der Waals surface area (Å²) in [5.41, 5.74) is 3.20. The summed E-state index contributed by atoms with van der Waals surface area (Å²) in [6, 6.07) is 20.0. The number of rotatable bonds is 12. The first-order valence-electron chi connectivity index (χ1n) is 15.3. The molecule has 3 aromatic rings. The molecule has 1 unspecified atom stereocenters. The van der Waals surface area contributed by atoms with Crippen molar-refractivity contribution in [2.45, 2.75) is 57.0 Å². The van der Waals surface area contributed by atoms with Crippen molar-refractivity contribution in [3.05, 3.63) is 96.1 Å². The van der Waals surface area contributed by atoms with Gasteiger partial charge in [0.15, 0.2) is 0 Å². The van der Waals surface area contributed by atoms with E-state index >= 15 is 0 Å². The predicted molar refractivity (Wildman–Crippen MR) is 178 cm³/mol. The lowest BCUT2D eigenvalue weighted by atomic mass is 9.86. The average molecular weight is 634 g/mol. The molecule has 2 heterocycles. The van der Waals surface area contributed by atoms with E-state index in [1.54, 1.807) is 17.4 Å². The fourth-order valence-corrected chi connectivity index (χ4v) is 8.17. The number of imidazole rings is 1. The van der Waals surface area contributed by atoms with Gasteiger partial charge in [-0.1, -0.05) is 66.7 Å². The molecular weight excluding hydrogens is 590 g/mol. The van der Waals surface area contributed by atoms with Crippen molar-refractivity contribution < 1.29 is 23.3 Å². The molecule has 11 heteroatoms. The van der Waals surface area contributed by atoms with Crippen LogP contribution >= 0.6 is 0 Å². The Labute approximate surface area is 265 Å². The van der Waals surface area contributed by atoms with Gasteiger partial charge in [0.2, 0.25) is 12.3 Å². The van der Waals surface area contributed by atoms with Crippen molar-refractivity contribution in [1.29, 1.82) is 0 Å². The number of ether oxygens (including phenoxy) is 1. The van der Waals surface area contributed by atoms with Crippen LogP contribution in [0, 0.1) is 0 Å². The van der Waals surface area contributed by atoms with Gasteiger partial charge in [-0.25, -0.2) is 9.71 Å². The third-order valence-electron chi connectivity index (χ3n) is 8.06. The van der Waals surface area contributed by atoms with Gasteiger partial charge < -0.3 is 19.9 Å². The van der Waals surface area contributed by atoms with E-state index in [1.165, 1.54) is 7.11 Å². The lowest BCUT2D eigenvalue weighted by Gasteiger charge is -2.31. The molecule has 1 aromatic heterocycles. The monoisotopic (exact) mass is 633 g/mol. The van der Waals surface area contributed by atoms with Gasteiger partial charge in [0.05, 0.1) is 25.3 Å². The number of amides is 2. The topological polar surface area (TPSA) is 133 Å². The Morgan fingerprint density at radius 2 is 1.76 bits per heavy atom. The lowest BCUT2D eigenvalue weighted by molar-refractivity contribution is -0.137. The van der Waals surface area contributed by atoms with Crippen molar-refractivity contribution in [2.75, 3.05) is 26.0 Å². The molecule has 2 fully saturated rings. The van der Waals surface area contributed by atoms with E-state index < -0.39 is 15.7 Å². The van der Waals surface area contributed by atoms with Gasteiger partial charge in [0.1, 0.15) is 11.8 Å². The number of esters is 1. The van der Waals surface area contributed by atoms with Crippen LogP contribution in [-0.4, -0.2) is 80.3 Å². The van der Waals surface area contributed by atoms with Crippen molar-refractivity contribution in [1.82, 2.24) is 24.9 Å². The Hall–Kier alpha value is -4.22. The van der Waals surface area contributed by atoms with E-state index in [2.05, 4.69) is 44.3 Å². The third kappa shape index (κ3) is 9.39. The Morgan fingerprint density at radius 3 is 2.29 bits per heavy atom. The van der Waals surface area contributed by atoms with E-state index in [-0.39, 0.29) is 29.7 Å². The highest BCUT2D eigenvalue weighted by Gasteiger charge is 2.30. The second kappa shape index (κ2) is 16.7. The van der Waals surface area contributed by atoms with Crippen LogP contribution in [0.2, 0.25) is 0 Å². The van der Waals surface area contributed by atoms with Gasteiger partial charge in [0, 0.05) is 34.8 Å². The molecule has 2 aliphatic rings. The van der Waals surface area contributed by atoms with Crippen molar-refractivity contribution >= 4 is 38.9 Å². The molecule has 0 spiro atoms. The molecule has 1 saturated heterocycles. The average Bonchev–Trinajstić information content (AvgIpc) is 3.72. The maximum atomic E-state index is 13.7. The van der Waals surface area contributed by atoms with Crippen molar-refractivity contribution in [3.63, 3.8) is 0 Å². The first-order valence-corrected chi connectivity index (χ1v) is 17.0. The molecule has 1 aliphatic carbocycles. The lowest BCUT2D eigenvalue weighted by Crippen LogP contribution is -2.45. The molecular formula is C34H43N5O5S. The number of methoxy groups -OCH3 is 1. The molecule has 45 heavy (non-hydrogen) atoms. The summed E-state index contributed by atoms with van der Waals surface area (Å²) >= 11 is 0. The normalized spacial score (nSPS) is 18.0. The second-order valence-corrected chi connectivity index (χ2v) is 13.6. The van der Waals surface area contributed by atoms with Crippen LogP contribution in [0.25, 0.3) is 6.08 Å². The van der Waals surface area contributed by atoms with Crippen LogP contribution < -0.4 is 10.0 Å². The molecule has 240 valence electrons. The highest BCUT2D eigenvalue weighted by molar-refractivity contribution is 8.01. The quantitative estimate of drug-likeness (QED) is 0.158. The maximum Gasteiger partial charge on any atom is 0.319 e. The molecule has 3 N–H and O–H groups in total. The number of hydrogen-bond acceptors (Lipinski definition) is 6. The van der Waals surface area contributed by atoms with E-state index in [0.717, 1.165) is 60.2 Å². The molecule has 2 amide bonds. The highest BCUT2D eigenvalue weighted by atomic mass is 32.2. The summed E-state index contributed by atoms with van der Waals surface area (Å²) in [4.78, 5) is 43.8. The minimum atomic E-state index is -2.61. The maximum absolute atomic E-state index is 13.7. The predicted octanol–water partition coefficient (Wildman–Crippen LogP) is 3.69. The summed E-state index contributed by atoms with van der Waals surface area (Å²) in [6.07, 6.45) is 12.0. The summed E-state index contributed by atoms with van der Waals surface area (Å²) < 4.78 is 21.8. The van der Waals surface area contributed by atoms with Crippen LogP contribution in [0.15, 0.2) is 79.3 Å². The molecule has 3 atom stereocenters. The zero-order valence-electron chi connectivity index (χ0n) is 25.9. The first kappa shape index (κ1) is 33.7. The van der Waals surface area contributed by atoms with E-state index in [4.69, 9.17) is 4.74 Å². The Morgan fingerprint density at radius 1 is 1.09 bits per heavy atom. The fourth-order valence-electron chi connectivity index (χ4n) is 5.58. The highest BCUT2D eigenvalue weighted by Crippen LogP contribution is 2.29. The number of hydrogen-bond donors (Lipinski definition) is 3. The fraction of sp³-hybridized carbons (Fsp3) is 0.382. The number of nitrogens with one attached hydrogen (secondary N) is 3. The molecule has 1 saturated carbocycles. The van der Waals surface area contributed by atoms with Gasteiger partial charge in [-0.05, 0) is 61.1 Å². The smallest absolute Gasteiger partial charge is 0.319 e. The Kier molecular flexibility index (Phi) is 12.5. The van der Waals surface area contributed by atoms with Crippen LogP contribution in [0.1, 0.15) is 61.8 Å². The van der Waals surface area contributed by atoms with E-state index in [9.17, 15) is 18.6 Å². The SMILES string of the molecule is COC(=O)CS(=O)(N[C@@H](C)C(c1ccccc1)c1ccccc1)=C1CCC1.O=CN1CCC[C@H]1C(=O)NC/C=C/c1cnc[nH]1.